The van der Waals surface area contributed by atoms with E-state index >= 15 is 0 Å². The van der Waals surface area contributed by atoms with Gasteiger partial charge in [-0.1, -0.05) is 149 Å². The Morgan fingerprint density at radius 1 is 0.500 bits per heavy atom. The van der Waals surface area contributed by atoms with Crippen LogP contribution in [0, 0.1) is 0 Å². The lowest BCUT2D eigenvalue weighted by atomic mass is 10.1. The lowest BCUT2D eigenvalue weighted by molar-refractivity contribution is -0.137. The molecule has 0 spiro atoms. The van der Waals surface area contributed by atoms with Crippen molar-refractivity contribution in [2.75, 3.05) is 11.5 Å². The highest BCUT2D eigenvalue weighted by molar-refractivity contribution is 8.19. The fourth-order valence-electron chi connectivity index (χ4n) is 4.23. The molecule has 38 heavy (non-hydrogen) atoms. The lowest BCUT2D eigenvalue weighted by Crippen LogP contribution is -2.28. The largest absolute Gasteiger partial charge is 0.481 e. The van der Waals surface area contributed by atoms with Crippen LogP contribution in [0.15, 0.2) is 0 Å². The minimum Gasteiger partial charge on any atom is -0.481 e. The van der Waals surface area contributed by atoms with Crippen molar-refractivity contribution in [3.63, 3.8) is 0 Å². The molecule has 0 atom stereocenters. The summed E-state index contributed by atoms with van der Waals surface area (Å²) in [4.78, 5) is 21.2. The van der Waals surface area contributed by atoms with Gasteiger partial charge in [0, 0.05) is 6.42 Å². The van der Waals surface area contributed by atoms with Crippen LogP contribution >= 0.6 is 23.5 Å². The number of carboxylic acid groups (broad SMARTS) is 2. The zero-order valence-electron chi connectivity index (χ0n) is 25.7. The lowest BCUT2D eigenvalue weighted by Gasteiger charge is -2.23. The monoisotopic (exact) mass is 576 g/mol. The molecule has 228 valence electrons. The van der Waals surface area contributed by atoms with E-state index in [1.165, 1.54) is 128 Å². The van der Waals surface area contributed by atoms with Crippen LogP contribution in [0.1, 0.15) is 175 Å². The third-order valence-electron chi connectivity index (χ3n) is 6.94. The highest BCUT2D eigenvalue weighted by atomic mass is 32.2. The van der Waals surface area contributed by atoms with Crippen LogP contribution < -0.4 is 0 Å². The summed E-state index contributed by atoms with van der Waals surface area (Å²) in [6.45, 7) is 8.06. The molecule has 0 aromatic heterocycles. The Bertz CT molecular complexity index is 486. The number of carbonyl (C=O) groups is 2. The van der Waals surface area contributed by atoms with Gasteiger partial charge in [-0.05, 0) is 31.3 Å². The summed E-state index contributed by atoms with van der Waals surface area (Å²) in [5.41, 5.74) is 0. The molecule has 0 heterocycles. The molecule has 0 aromatic carbocycles. The molecule has 0 unspecified atom stereocenters. The van der Waals surface area contributed by atoms with Crippen LogP contribution in [0.25, 0.3) is 0 Å². The second-order valence-corrected chi connectivity index (χ2v) is 14.1. The molecular weight excluding hydrogens is 512 g/mol. The van der Waals surface area contributed by atoms with Gasteiger partial charge in [0.25, 0.3) is 0 Å². The minimum atomic E-state index is -0.745. The molecule has 0 saturated heterocycles. The van der Waals surface area contributed by atoms with Gasteiger partial charge in [-0.3, -0.25) is 4.79 Å². The Morgan fingerprint density at radius 2 is 0.737 bits per heavy atom. The van der Waals surface area contributed by atoms with E-state index in [9.17, 15) is 14.7 Å². The van der Waals surface area contributed by atoms with Gasteiger partial charge in [0.2, 0.25) is 0 Å². The first kappa shape index (κ1) is 39.8. The maximum Gasteiger partial charge on any atom is 0.329 e. The number of thioether (sulfide) groups is 2. The second kappa shape index (κ2) is 31.2. The van der Waals surface area contributed by atoms with Crippen molar-refractivity contribution >= 4 is 35.5 Å². The van der Waals surface area contributed by atoms with Crippen LogP contribution in [0.4, 0.5) is 0 Å². The fourth-order valence-corrected chi connectivity index (χ4v) is 6.79. The molecule has 0 rings (SSSR count). The predicted octanol–water partition coefficient (Wildman–Crippen LogP) is 11.4. The molecule has 0 aromatic rings. The van der Waals surface area contributed by atoms with E-state index < -0.39 is 16.0 Å². The SMILES string of the molecule is CCC(=O)O.CCCCCCCCCCCCCSC(C)(SCCCCCCCCCCCCC)C(=O)O. The number of hydrogen-bond donors (Lipinski definition) is 2. The number of carboxylic acids is 2. The van der Waals surface area contributed by atoms with Crippen LogP contribution in [-0.4, -0.2) is 37.7 Å². The normalized spacial score (nSPS) is 11.3. The summed E-state index contributed by atoms with van der Waals surface area (Å²) in [5.74, 6) is 0.560. The first-order valence-corrected chi connectivity index (χ1v) is 18.0. The molecule has 0 amide bonds. The molecule has 0 radical (unpaired) electrons. The Labute approximate surface area is 245 Å². The summed E-state index contributed by atoms with van der Waals surface area (Å²) in [6.07, 6.45) is 29.8. The van der Waals surface area contributed by atoms with Crippen molar-refractivity contribution in [1.29, 1.82) is 0 Å². The Hall–Kier alpha value is -0.360. The van der Waals surface area contributed by atoms with E-state index in [0.29, 0.717) is 0 Å². The zero-order valence-corrected chi connectivity index (χ0v) is 27.3. The molecule has 6 heteroatoms. The topological polar surface area (TPSA) is 74.6 Å². The van der Waals surface area contributed by atoms with E-state index in [-0.39, 0.29) is 6.42 Å². The fraction of sp³-hybridized carbons (Fsp3) is 0.938. The van der Waals surface area contributed by atoms with Gasteiger partial charge in [-0.15, -0.1) is 23.5 Å². The van der Waals surface area contributed by atoms with Gasteiger partial charge in [0.1, 0.15) is 0 Å². The Morgan fingerprint density at radius 3 is 0.947 bits per heavy atom. The summed E-state index contributed by atoms with van der Waals surface area (Å²) in [5, 5.41) is 17.5. The first-order valence-electron chi connectivity index (χ1n) is 16.1. The Kier molecular flexibility index (Phi) is 32.6. The first-order chi connectivity index (χ1) is 18.3. The van der Waals surface area contributed by atoms with Gasteiger partial charge in [-0.2, -0.15) is 0 Å². The molecule has 4 nitrogen and oxygen atoms in total. The van der Waals surface area contributed by atoms with Crippen molar-refractivity contribution in [2.24, 2.45) is 0 Å². The third kappa shape index (κ3) is 30.2. The summed E-state index contributed by atoms with van der Waals surface area (Å²) >= 11 is 3.32. The van der Waals surface area contributed by atoms with Crippen molar-refractivity contribution in [1.82, 2.24) is 0 Å². The average Bonchev–Trinajstić information content (AvgIpc) is 2.90. The van der Waals surface area contributed by atoms with E-state index in [2.05, 4.69) is 13.8 Å². The second-order valence-electron chi connectivity index (χ2n) is 10.8. The van der Waals surface area contributed by atoms with Gasteiger partial charge in [0.15, 0.2) is 4.08 Å². The third-order valence-corrected chi connectivity index (χ3v) is 10.1. The maximum atomic E-state index is 11.8. The average molecular weight is 577 g/mol. The molecular formula is C32H64O4S2. The van der Waals surface area contributed by atoms with Gasteiger partial charge >= 0.3 is 11.9 Å². The van der Waals surface area contributed by atoms with Crippen LogP contribution in [0.2, 0.25) is 0 Å². The van der Waals surface area contributed by atoms with Crippen molar-refractivity contribution in [3.05, 3.63) is 0 Å². The summed E-state index contributed by atoms with van der Waals surface area (Å²) in [7, 11) is 0. The summed E-state index contributed by atoms with van der Waals surface area (Å²) in [6, 6.07) is 0. The smallest absolute Gasteiger partial charge is 0.329 e. The molecule has 0 fully saturated rings. The van der Waals surface area contributed by atoms with Crippen LogP contribution in [0.5, 0.6) is 0 Å². The van der Waals surface area contributed by atoms with Crippen molar-refractivity contribution in [2.45, 2.75) is 179 Å². The molecule has 2 N–H and O–H groups in total. The van der Waals surface area contributed by atoms with Gasteiger partial charge < -0.3 is 10.2 Å². The number of hydrogen-bond acceptors (Lipinski definition) is 4. The molecule has 0 aliphatic heterocycles. The van der Waals surface area contributed by atoms with Gasteiger partial charge in [0.05, 0.1) is 0 Å². The number of unbranched alkanes of at least 4 members (excludes halogenated alkanes) is 20. The Balaban J connectivity index is 0. The van der Waals surface area contributed by atoms with Crippen LogP contribution in [0.3, 0.4) is 0 Å². The highest BCUT2D eigenvalue weighted by Gasteiger charge is 2.33. The van der Waals surface area contributed by atoms with E-state index in [4.69, 9.17) is 5.11 Å². The maximum absolute atomic E-state index is 11.8. The minimum absolute atomic E-state index is 0.222. The van der Waals surface area contributed by atoms with Crippen molar-refractivity contribution < 1.29 is 19.8 Å². The molecule has 0 aliphatic carbocycles. The summed E-state index contributed by atoms with van der Waals surface area (Å²) < 4.78 is -0.670. The molecule has 0 saturated carbocycles. The van der Waals surface area contributed by atoms with E-state index in [1.807, 2.05) is 6.92 Å². The predicted molar refractivity (Wildman–Crippen MR) is 172 cm³/mol. The molecule has 0 bridgehead atoms. The van der Waals surface area contributed by atoms with E-state index in [1.54, 1.807) is 30.4 Å². The van der Waals surface area contributed by atoms with E-state index in [0.717, 1.165) is 24.3 Å². The van der Waals surface area contributed by atoms with Gasteiger partial charge in [-0.25, -0.2) is 4.79 Å². The quantitative estimate of drug-likeness (QED) is 0.0712. The zero-order chi connectivity index (χ0) is 28.7. The van der Waals surface area contributed by atoms with Crippen LogP contribution in [-0.2, 0) is 9.59 Å². The highest BCUT2D eigenvalue weighted by Crippen LogP contribution is 2.38. The number of aliphatic carboxylic acids is 2. The van der Waals surface area contributed by atoms with Crippen molar-refractivity contribution in [3.8, 4) is 0 Å². The number of rotatable bonds is 28. The standard InChI is InChI=1S/C29H58O2S2.C3H6O2/c1-4-6-8-10-12-14-16-18-20-22-24-26-32-29(3,28(30)31)33-27-25-23-21-19-17-15-13-11-9-7-5-2;1-2-3(4)5/h4-27H2,1-3H3,(H,30,31);2H2,1H3,(H,4,5). The molecule has 0 aliphatic rings.